The van der Waals surface area contributed by atoms with E-state index in [-0.39, 0.29) is 5.91 Å². The lowest BCUT2D eigenvalue weighted by molar-refractivity contribution is -0.133. The number of hydrogen-bond acceptors (Lipinski definition) is 3. The average molecular weight is 256 g/mol. The van der Waals surface area contributed by atoms with Crippen LogP contribution in [0.5, 0.6) is 0 Å². The second kappa shape index (κ2) is 7.92. The van der Waals surface area contributed by atoms with Crippen LogP contribution in [0.2, 0.25) is 0 Å². The summed E-state index contributed by atoms with van der Waals surface area (Å²) in [4.78, 5) is 24.5. The summed E-state index contributed by atoms with van der Waals surface area (Å²) in [5, 5.41) is 5.65. The Labute approximate surface area is 108 Å². The van der Waals surface area contributed by atoms with Crippen LogP contribution in [0.3, 0.4) is 0 Å². The summed E-state index contributed by atoms with van der Waals surface area (Å²) in [5.74, 6) is 0.550. The molecule has 1 aliphatic heterocycles. The molecule has 0 saturated carbocycles. The van der Waals surface area contributed by atoms with E-state index in [9.17, 15) is 9.59 Å². The molecule has 6 nitrogen and oxygen atoms in total. The van der Waals surface area contributed by atoms with Gasteiger partial charge >= 0.3 is 6.03 Å². The number of carbonyl (C=O) groups excluding carboxylic acids is 2. The van der Waals surface area contributed by atoms with Crippen LogP contribution in [0.15, 0.2) is 0 Å². The zero-order chi connectivity index (χ0) is 13.4. The maximum Gasteiger partial charge on any atom is 0.312 e. The number of piperidine rings is 1. The first-order chi connectivity index (χ1) is 8.63. The molecule has 0 aromatic carbocycles. The summed E-state index contributed by atoms with van der Waals surface area (Å²) in [6.07, 6.45) is 3.51. The van der Waals surface area contributed by atoms with E-state index < -0.39 is 6.03 Å². The Kier molecular flexibility index (Phi) is 6.49. The number of urea groups is 1. The normalized spacial score (nSPS) is 19.6. The van der Waals surface area contributed by atoms with E-state index in [0.29, 0.717) is 18.9 Å². The van der Waals surface area contributed by atoms with Crippen molar-refractivity contribution < 1.29 is 9.59 Å². The molecule has 1 atom stereocenters. The van der Waals surface area contributed by atoms with Crippen LogP contribution in [0, 0.1) is 5.92 Å². The van der Waals surface area contributed by atoms with E-state index in [2.05, 4.69) is 10.6 Å². The van der Waals surface area contributed by atoms with Crippen molar-refractivity contribution in [1.82, 2.24) is 15.5 Å². The van der Waals surface area contributed by atoms with Crippen molar-refractivity contribution in [3.63, 3.8) is 0 Å². The number of amides is 3. The minimum absolute atomic E-state index is 0.217. The van der Waals surface area contributed by atoms with Gasteiger partial charge in [-0.3, -0.25) is 4.79 Å². The molecule has 1 rings (SSSR count). The maximum absolute atomic E-state index is 11.9. The van der Waals surface area contributed by atoms with Crippen LogP contribution in [0.4, 0.5) is 4.79 Å². The lowest BCUT2D eigenvalue weighted by atomic mass is 9.97. The number of nitrogens with one attached hydrogen (secondary N) is 2. The lowest BCUT2D eigenvalue weighted by Gasteiger charge is -2.32. The fourth-order valence-electron chi connectivity index (χ4n) is 2.28. The molecule has 104 valence electrons. The van der Waals surface area contributed by atoms with Crippen molar-refractivity contribution in [2.75, 3.05) is 33.2 Å². The molecule has 1 unspecified atom stereocenters. The zero-order valence-corrected chi connectivity index (χ0v) is 11.1. The number of likely N-dealkylation sites (tertiary alicyclic amines) is 1. The first-order valence-electron chi connectivity index (χ1n) is 6.59. The Balaban J connectivity index is 2.28. The van der Waals surface area contributed by atoms with E-state index in [1.807, 2.05) is 11.9 Å². The Morgan fingerprint density at radius 2 is 2.22 bits per heavy atom. The molecule has 1 fully saturated rings. The number of nitrogens with two attached hydrogens (primary N) is 1. The highest BCUT2D eigenvalue weighted by Crippen LogP contribution is 2.16. The Bertz CT molecular complexity index is 283. The molecule has 1 aliphatic rings. The molecule has 6 heteroatoms. The van der Waals surface area contributed by atoms with Crippen LogP contribution in [-0.2, 0) is 4.79 Å². The molecule has 3 amide bonds. The Morgan fingerprint density at radius 1 is 1.44 bits per heavy atom. The van der Waals surface area contributed by atoms with Gasteiger partial charge in [0.15, 0.2) is 0 Å². The number of rotatable bonds is 6. The van der Waals surface area contributed by atoms with Crippen molar-refractivity contribution in [2.45, 2.75) is 25.7 Å². The van der Waals surface area contributed by atoms with Crippen LogP contribution in [-0.4, -0.2) is 50.1 Å². The standard InChI is InChI=1S/C12H24N4O2/c1-14-6-2-5-11(17)16-7-3-4-10(9-16)8-15-12(13)18/h10,14H,2-9H2,1H3,(H3,13,15,18). The second-order valence-electron chi connectivity index (χ2n) is 4.80. The van der Waals surface area contributed by atoms with Gasteiger partial charge in [-0.2, -0.15) is 0 Å². The quantitative estimate of drug-likeness (QED) is 0.580. The third-order valence-electron chi connectivity index (χ3n) is 3.25. The average Bonchev–Trinajstić information content (AvgIpc) is 2.37. The van der Waals surface area contributed by atoms with Crippen molar-refractivity contribution in [1.29, 1.82) is 0 Å². The van der Waals surface area contributed by atoms with Gasteiger partial charge < -0.3 is 21.3 Å². The minimum atomic E-state index is -0.493. The first-order valence-corrected chi connectivity index (χ1v) is 6.59. The summed E-state index contributed by atoms with van der Waals surface area (Å²) in [7, 11) is 1.89. The zero-order valence-electron chi connectivity index (χ0n) is 11.1. The number of primary amides is 1. The highest BCUT2D eigenvalue weighted by atomic mass is 16.2. The van der Waals surface area contributed by atoms with Gasteiger partial charge in [0.1, 0.15) is 0 Å². The summed E-state index contributed by atoms with van der Waals surface area (Å²) in [6.45, 7) is 3.01. The monoisotopic (exact) mass is 256 g/mol. The summed E-state index contributed by atoms with van der Waals surface area (Å²) < 4.78 is 0. The molecule has 18 heavy (non-hydrogen) atoms. The molecule has 4 N–H and O–H groups in total. The van der Waals surface area contributed by atoms with Crippen LogP contribution in [0.25, 0.3) is 0 Å². The maximum atomic E-state index is 11.9. The molecule has 0 aromatic heterocycles. The molecule has 0 spiro atoms. The molecule has 0 aliphatic carbocycles. The molecular weight excluding hydrogens is 232 g/mol. The minimum Gasteiger partial charge on any atom is -0.352 e. The van der Waals surface area contributed by atoms with E-state index in [1.54, 1.807) is 0 Å². The van der Waals surface area contributed by atoms with Gasteiger partial charge in [-0.1, -0.05) is 0 Å². The first kappa shape index (κ1) is 14.8. The highest BCUT2D eigenvalue weighted by Gasteiger charge is 2.23. The SMILES string of the molecule is CNCCCC(=O)N1CCCC(CNC(N)=O)C1. The largest absolute Gasteiger partial charge is 0.352 e. The van der Waals surface area contributed by atoms with E-state index in [1.165, 1.54) is 0 Å². The van der Waals surface area contributed by atoms with Crippen molar-refractivity contribution in [3.05, 3.63) is 0 Å². The van der Waals surface area contributed by atoms with E-state index in [0.717, 1.165) is 38.9 Å². The van der Waals surface area contributed by atoms with Gasteiger partial charge in [-0.05, 0) is 38.8 Å². The van der Waals surface area contributed by atoms with Gasteiger partial charge in [0.05, 0.1) is 0 Å². The Hall–Kier alpha value is -1.30. The van der Waals surface area contributed by atoms with Gasteiger partial charge in [0.2, 0.25) is 5.91 Å². The summed E-state index contributed by atoms with van der Waals surface area (Å²) >= 11 is 0. The molecule has 1 saturated heterocycles. The topological polar surface area (TPSA) is 87.5 Å². The van der Waals surface area contributed by atoms with Crippen LogP contribution in [0.1, 0.15) is 25.7 Å². The van der Waals surface area contributed by atoms with Gasteiger partial charge in [-0.25, -0.2) is 4.79 Å². The van der Waals surface area contributed by atoms with Gasteiger partial charge in [-0.15, -0.1) is 0 Å². The predicted molar refractivity (Wildman–Crippen MR) is 70.1 cm³/mol. The van der Waals surface area contributed by atoms with Crippen molar-refractivity contribution >= 4 is 11.9 Å². The molecule has 0 radical (unpaired) electrons. The molecule has 1 heterocycles. The third-order valence-corrected chi connectivity index (χ3v) is 3.25. The molecule has 0 bridgehead atoms. The van der Waals surface area contributed by atoms with E-state index in [4.69, 9.17) is 5.73 Å². The van der Waals surface area contributed by atoms with Crippen LogP contribution < -0.4 is 16.4 Å². The highest BCUT2D eigenvalue weighted by molar-refractivity contribution is 5.76. The van der Waals surface area contributed by atoms with Crippen LogP contribution >= 0.6 is 0 Å². The second-order valence-corrected chi connectivity index (χ2v) is 4.80. The number of hydrogen-bond donors (Lipinski definition) is 3. The fraction of sp³-hybridized carbons (Fsp3) is 0.833. The number of nitrogens with zero attached hydrogens (tertiary/aromatic N) is 1. The summed E-state index contributed by atoms with van der Waals surface area (Å²) in [5.41, 5.74) is 5.05. The smallest absolute Gasteiger partial charge is 0.312 e. The van der Waals surface area contributed by atoms with Crippen molar-refractivity contribution in [2.24, 2.45) is 11.7 Å². The molecule has 0 aromatic rings. The molecular formula is C12H24N4O2. The van der Waals surface area contributed by atoms with Gasteiger partial charge in [0, 0.05) is 26.1 Å². The van der Waals surface area contributed by atoms with Gasteiger partial charge in [0.25, 0.3) is 0 Å². The predicted octanol–water partition coefficient (Wildman–Crippen LogP) is -0.107. The summed E-state index contributed by atoms with van der Waals surface area (Å²) in [6, 6.07) is -0.493. The lowest BCUT2D eigenvalue weighted by Crippen LogP contribution is -2.44. The fourth-order valence-corrected chi connectivity index (χ4v) is 2.28. The third kappa shape index (κ3) is 5.35. The Morgan fingerprint density at radius 3 is 2.89 bits per heavy atom. The van der Waals surface area contributed by atoms with Crippen molar-refractivity contribution in [3.8, 4) is 0 Å². The number of carbonyl (C=O) groups is 2. The van der Waals surface area contributed by atoms with E-state index >= 15 is 0 Å².